The van der Waals surface area contributed by atoms with Crippen molar-refractivity contribution in [2.75, 3.05) is 19.0 Å². The fourth-order valence-corrected chi connectivity index (χ4v) is 2.10. The molecule has 0 saturated carbocycles. The normalized spacial score (nSPS) is 10.7. The number of hydrogen-bond donors (Lipinski definition) is 0. The maximum absolute atomic E-state index is 12.4. The largest absolute Gasteiger partial charge is 0.491 e. The predicted octanol–water partition coefficient (Wildman–Crippen LogP) is 3.95. The predicted molar refractivity (Wildman–Crippen MR) is 83.7 cm³/mol. The molecule has 1 aromatic carbocycles. The lowest BCUT2D eigenvalue weighted by Gasteiger charge is -2.21. The molecule has 0 aliphatic carbocycles. The van der Waals surface area contributed by atoms with Gasteiger partial charge in [0.15, 0.2) is 0 Å². The van der Waals surface area contributed by atoms with E-state index >= 15 is 0 Å². The SMILES string of the molecule is CCCCN(CCCl)C(=O)c1ccc(OC(C)C)cc1. The summed E-state index contributed by atoms with van der Waals surface area (Å²) in [6.45, 7) is 7.41. The minimum Gasteiger partial charge on any atom is -0.491 e. The van der Waals surface area contributed by atoms with Gasteiger partial charge >= 0.3 is 0 Å². The van der Waals surface area contributed by atoms with Crippen LogP contribution < -0.4 is 4.74 Å². The number of hydrogen-bond acceptors (Lipinski definition) is 2. The summed E-state index contributed by atoms with van der Waals surface area (Å²) in [5.74, 6) is 1.29. The van der Waals surface area contributed by atoms with E-state index in [1.165, 1.54) is 0 Å². The molecule has 0 atom stereocenters. The second-order valence-corrected chi connectivity index (χ2v) is 5.40. The highest BCUT2D eigenvalue weighted by molar-refractivity contribution is 6.18. The van der Waals surface area contributed by atoms with Gasteiger partial charge in [0.05, 0.1) is 6.10 Å². The summed E-state index contributed by atoms with van der Waals surface area (Å²) in [4.78, 5) is 14.2. The molecule has 0 bridgehead atoms. The van der Waals surface area contributed by atoms with Crippen molar-refractivity contribution in [3.63, 3.8) is 0 Å². The quantitative estimate of drug-likeness (QED) is 0.680. The Hall–Kier alpha value is -1.22. The van der Waals surface area contributed by atoms with Gasteiger partial charge in [0, 0.05) is 24.5 Å². The molecular weight excluding hydrogens is 274 g/mol. The van der Waals surface area contributed by atoms with Crippen LogP contribution in [0.3, 0.4) is 0 Å². The first-order valence-corrected chi connectivity index (χ1v) is 7.73. The maximum atomic E-state index is 12.4. The van der Waals surface area contributed by atoms with Crippen LogP contribution in [0.5, 0.6) is 5.75 Å². The van der Waals surface area contributed by atoms with Gasteiger partial charge in [-0.1, -0.05) is 13.3 Å². The summed E-state index contributed by atoms with van der Waals surface area (Å²) < 4.78 is 5.58. The number of carbonyl (C=O) groups excluding carboxylic acids is 1. The summed E-state index contributed by atoms with van der Waals surface area (Å²) >= 11 is 5.78. The molecule has 112 valence electrons. The Morgan fingerprint density at radius 3 is 2.40 bits per heavy atom. The van der Waals surface area contributed by atoms with Crippen molar-refractivity contribution in [1.29, 1.82) is 0 Å². The summed E-state index contributed by atoms with van der Waals surface area (Å²) in [5.41, 5.74) is 0.683. The van der Waals surface area contributed by atoms with Crippen molar-refractivity contribution >= 4 is 17.5 Å². The molecular formula is C16H24ClNO2. The molecule has 3 nitrogen and oxygen atoms in total. The van der Waals surface area contributed by atoms with E-state index in [9.17, 15) is 4.79 Å². The lowest BCUT2D eigenvalue weighted by Crippen LogP contribution is -2.33. The zero-order valence-corrected chi connectivity index (χ0v) is 13.3. The van der Waals surface area contributed by atoms with E-state index in [1.807, 2.05) is 43.0 Å². The van der Waals surface area contributed by atoms with Crippen LogP contribution in [0.1, 0.15) is 44.0 Å². The molecule has 0 saturated heterocycles. The number of amides is 1. The van der Waals surface area contributed by atoms with Gasteiger partial charge in [-0.2, -0.15) is 0 Å². The third kappa shape index (κ3) is 5.41. The second kappa shape index (κ2) is 8.85. The van der Waals surface area contributed by atoms with E-state index in [-0.39, 0.29) is 12.0 Å². The molecule has 0 aliphatic heterocycles. The van der Waals surface area contributed by atoms with Gasteiger partial charge in [0.2, 0.25) is 0 Å². The third-order valence-corrected chi connectivity index (χ3v) is 3.07. The van der Waals surface area contributed by atoms with Gasteiger partial charge < -0.3 is 9.64 Å². The topological polar surface area (TPSA) is 29.5 Å². The van der Waals surface area contributed by atoms with Gasteiger partial charge in [-0.05, 0) is 44.5 Å². The summed E-state index contributed by atoms with van der Waals surface area (Å²) in [6, 6.07) is 7.30. The Balaban J connectivity index is 2.72. The van der Waals surface area contributed by atoms with Crippen molar-refractivity contribution in [2.45, 2.75) is 39.7 Å². The first kappa shape index (κ1) is 16.8. The lowest BCUT2D eigenvalue weighted by molar-refractivity contribution is 0.0763. The molecule has 1 rings (SSSR count). The Kier molecular flexibility index (Phi) is 7.45. The van der Waals surface area contributed by atoms with E-state index in [1.54, 1.807) is 0 Å². The van der Waals surface area contributed by atoms with Crippen LogP contribution in [-0.4, -0.2) is 35.9 Å². The van der Waals surface area contributed by atoms with Crippen LogP contribution in [0, 0.1) is 0 Å². The van der Waals surface area contributed by atoms with Gasteiger partial charge in [-0.25, -0.2) is 0 Å². The molecule has 0 radical (unpaired) electrons. The zero-order valence-electron chi connectivity index (χ0n) is 12.6. The minimum atomic E-state index is 0.0372. The number of alkyl halides is 1. The van der Waals surface area contributed by atoms with Crippen LogP contribution in [0.25, 0.3) is 0 Å². The minimum absolute atomic E-state index is 0.0372. The monoisotopic (exact) mass is 297 g/mol. The van der Waals surface area contributed by atoms with E-state index in [2.05, 4.69) is 6.92 Å². The van der Waals surface area contributed by atoms with Gasteiger partial charge in [0.25, 0.3) is 5.91 Å². The van der Waals surface area contributed by atoms with Crippen LogP contribution >= 0.6 is 11.6 Å². The average molecular weight is 298 g/mol. The molecule has 0 heterocycles. The second-order valence-electron chi connectivity index (χ2n) is 5.03. The highest BCUT2D eigenvalue weighted by Crippen LogP contribution is 2.15. The van der Waals surface area contributed by atoms with Crippen molar-refractivity contribution in [1.82, 2.24) is 4.90 Å². The fourth-order valence-electron chi connectivity index (χ4n) is 1.90. The molecule has 4 heteroatoms. The number of benzene rings is 1. The molecule has 0 spiro atoms. The van der Waals surface area contributed by atoms with Crippen LogP contribution in [0.2, 0.25) is 0 Å². The van der Waals surface area contributed by atoms with Crippen molar-refractivity contribution in [2.24, 2.45) is 0 Å². The standard InChI is InChI=1S/C16H24ClNO2/c1-4-5-11-18(12-10-17)16(19)14-6-8-15(9-7-14)20-13(2)3/h6-9,13H,4-5,10-12H2,1-3H3. The number of carbonyl (C=O) groups is 1. The van der Waals surface area contributed by atoms with Gasteiger partial charge in [-0.3, -0.25) is 4.79 Å². The average Bonchev–Trinajstić information content (AvgIpc) is 2.43. The molecule has 0 N–H and O–H groups in total. The zero-order chi connectivity index (χ0) is 15.0. The van der Waals surface area contributed by atoms with E-state index in [4.69, 9.17) is 16.3 Å². The van der Waals surface area contributed by atoms with E-state index in [0.29, 0.717) is 18.0 Å². The molecule has 0 fully saturated rings. The van der Waals surface area contributed by atoms with E-state index in [0.717, 1.165) is 25.1 Å². The first-order valence-electron chi connectivity index (χ1n) is 7.20. The maximum Gasteiger partial charge on any atom is 0.253 e. The summed E-state index contributed by atoms with van der Waals surface area (Å²) in [7, 11) is 0. The molecule has 0 unspecified atom stereocenters. The Labute approximate surface area is 126 Å². The Bertz CT molecular complexity index is 403. The third-order valence-electron chi connectivity index (χ3n) is 2.90. The number of nitrogens with zero attached hydrogens (tertiary/aromatic N) is 1. The Morgan fingerprint density at radius 1 is 1.25 bits per heavy atom. The van der Waals surface area contributed by atoms with Crippen LogP contribution in [0.15, 0.2) is 24.3 Å². The van der Waals surface area contributed by atoms with Gasteiger partial charge in [-0.15, -0.1) is 11.6 Å². The lowest BCUT2D eigenvalue weighted by atomic mass is 10.2. The molecule has 1 amide bonds. The van der Waals surface area contributed by atoms with Crippen LogP contribution in [0.4, 0.5) is 0 Å². The van der Waals surface area contributed by atoms with Crippen molar-refractivity contribution in [3.05, 3.63) is 29.8 Å². The van der Waals surface area contributed by atoms with Crippen LogP contribution in [-0.2, 0) is 0 Å². The molecule has 0 aromatic heterocycles. The van der Waals surface area contributed by atoms with E-state index < -0.39 is 0 Å². The molecule has 20 heavy (non-hydrogen) atoms. The van der Waals surface area contributed by atoms with Gasteiger partial charge in [0.1, 0.15) is 5.75 Å². The highest BCUT2D eigenvalue weighted by Gasteiger charge is 2.14. The number of rotatable bonds is 8. The first-order chi connectivity index (χ1) is 9.58. The molecule has 0 aliphatic rings. The molecule has 1 aromatic rings. The summed E-state index contributed by atoms with van der Waals surface area (Å²) in [6.07, 6.45) is 2.19. The smallest absolute Gasteiger partial charge is 0.253 e. The number of ether oxygens (including phenoxy) is 1. The van der Waals surface area contributed by atoms with Crippen molar-refractivity contribution < 1.29 is 9.53 Å². The number of unbranched alkanes of at least 4 members (excludes halogenated alkanes) is 1. The summed E-state index contributed by atoms with van der Waals surface area (Å²) in [5, 5.41) is 0. The van der Waals surface area contributed by atoms with Crippen molar-refractivity contribution in [3.8, 4) is 5.75 Å². The fraction of sp³-hybridized carbons (Fsp3) is 0.562. The highest BCUT2D eigenvalue weighted by atomic mass is 35.5. The Morgan fingerprint density at radius 2 is 1.90 bits per heavy atom. The number of halogens is 1.